The van der Waals surface area contributed by atoms with Gasteiger partial charge >= 0.3 is 5.97 Å². The summed E-state index contributed by atoms with van der Waals surface area (Å²) in [6, 6.07) is 0.350. The smallest absolute Gasteiger partial charge is 0.338 e. The SMILES string of the molecule is CCCNC(=O)C(C)Nc1nccc(C(=O)O)c1F. The molecule has 0 aliphatic carbocycles. The molecular weight excluding hydrogens is 253 g/mol. The third kappa shape index (κ3) is 3.90. The van der Waals surface area contributed by atoms with Gasteiger partial charge in [-0.3, -0.25) is 4.79 Å². The first-order valence-electron chi connectivity index (χ1n) is 5.89. The lowest BCUT2D eigenvalue weighted by Crippen LogP contribution is -2.38. The van der Waals surface area contributed by atoms with Gasteiger partial charge in [-0.2, -0.15) is 0 Å². The van der Waals surface area contributed by atoms with Crippen molar-refractivity contribution in [3.8, 4) is 0 Å². The van der Waals surface area contributed by atoms with Gasteiger partial charge in [0.1, 0.15) is 11.6 Å². The molecule has 104 valence electrons. The van der Waals surface area contributed by atoms with Gasteiger partial charge in [-0.1, -0.05) is 6.92 Å². The van der Waals surface area contributed by atoms with Crippen LogP contribution in [0.15, 0.2) is 12.3 Å². The summed E-state index contributed by atoms with van der Waals surface area (Å²) < 4.78 is 13.8. The summed E-state index contributed by atoms with van der Waals surface area (Å²) in [7, 11) is 0. The summed E-state index contributed by atoms with van der Waals surface area (Å²) >= 11 is 0. The summed E-state index contributed by atoms with van der Waals surface area (Å²) in [5.41, 5.74) is -0.487. The van der Waals surface area contributed by atoms with Crippen LogP contribution in [0.5, 0.6) is 0 Å². The second kappa shape index (κ2) is 6.67. The summed E-state index contributed by atoms with van der Waals surface area (Å²) in [5.74, 6) is -2.92. The van der Waals surface area contributed by atoms with Crippen molar-refractivity contribution in [3.63, 3.8) is 0 Å². The average molecular weight is 269 g/mol. The molecule has 1 atom stereocenters. The van der Waals surface area contributed by atoms with Crippen LogP contribution in [-0.4, -0.2) is 34.6 Å². The van der Waals surface area contributed by atoms with Crippen LogP contribution < -0.4 is 10.6 Å². The lowest BCUT2D eigenvalue weighted by atomic mass is 10.2. The second-order valence-corrected chi connectivity index (χ2v) is 3.98. The molecule has 1 rings (SSSR count). The van der Waals surface area contributed by atoms with Crippen LogP contribution >= 0.6 is 0 Å². The topological polar surface area (TPSA) is 91.3 Å². The number of halogens is 1. The Morgan fingerprint density at radius 1 is 1.53 bits per heavy atom. The second-order valence-electron chi connectivity index (χ2n) is 3.98. The first-order chi connectivity index (χ1) is 8.97. The number of nitrogens with one attached hydrogen (secondary N) is 2. The number of hydrogen-bond acceptors (Lipinski definition) is 4. The molecule has 0 aliphatic rings. The van der Waals surface area contributed by atoms with Crippen molar-refractivity contribution in [1.82, 2.24) is 10.3 Å². The normalized spacial score (nSPS) is 11.7. The van der Waals surface area contributed by atoms with E-state index in [4.69, 9.17) is 5.11 Å². The summed E-state index contributed by atoms with van der Waals surface area (Å²) in [6.07, 6.45) is 1.96. The molecule has 0 saturated heterocycles. The van der Waals surface area contributed by atoms with Crippen LogP contribution in [-0.2, 0) is 4.79 Å². The minimum absolute atomic E-state index is 0.251. The molecule has 0 saturated carbocycles. The zero-order valence-electron chi connectivity index (χ0n) is 10.7. The average Bonchev–Trinajstić information content (AvgIpc) is 2.37. The number of aromatic nitrogens is 1. The Morgan fingerprint density at radius 3 is 2.79 bits per heavy atom. The molecule has 7 heteroatoms. The van der Waals surface area contributed by atoms with E-state index in [1.165, 1.54) is 6.20 Å². The van der Waals surface area contributed by atoms with Gasteiger partial charge in [0.25, 0.3) is 0 Å². The number of nitrogens with zero attached hydrogens (tertiary/aromatic N) is 1. The van der Waals surface area contributed by atoms with Gasteiger partial charge in [-0.15, -0.1) is 0 Å². The highest BCUT2D eigenvalue weighted by atomic mass is 19.1. The van der Waals surface area contributed by atoms with Crippen molar-refractivity contribution in [3.05, 3.63) is 23.6 Å². The van der Waals surface area contributed by atoms with E-state index in [0.29, 0.717) is 6.54 Å². The van der Waals surface area contributed by atoms with Crippen LogP contribution in [0.2, 0.25) is 0 Å². The third-order valence-corrected chi connectivity index (χ3v) is 2.42. The van der Waals surface area contributed by atoms with Crippen LogP contribution in [0.4, 0.5) is 10.2 Å². The predicted octanol–water partition coefficient (Wildman–Crippen LogP) is 1.25. The van der Waals surface area contributed by atoms with Gasteiger partial charge in [0.15, 0.2) is 11.6 Å². The van der Waals surface area contributed by atoms with E-state index in [9.17, 15) is 14.0 Å². The van der Waals surface area contributed by atoms with E-state index in [-0.39, 0.29) is 11.7 Å². The Hall–Kier alpha value is -2.18. The van der Waals surface area contributed by atoms with Crippen LogP contribution in [0.25, 0.3) is 0 Å². The number of carbonyl (C=O) groups excluding carboxylic acids is 1. The molecule has 1 aromatic heterocycles. The Labute approximate surface area is 110 Å². The van der Waals surface area contributed by atoms with Gasteiger partial charge < -0.3 is 15.7 Å². The van der Waals surface area contributed by atoms with Gasteiger partial charge in [-0.05, 0) is 19.4 Å². The Kier molecular flexibility index (Phi) is 5.23. The molecule has 3 N–H and O–H groups in total. The largest absolute Gasteiger partial charge is 0.478 e. The molecule has 0 radical (unpaired) electrons. The minimum atomic E-state index is -1.38. The summed E-state index contributed by atoms with van der Waals surface area (Å²) in [5, 5.41) is 14.0. The number of carboxylic acid groups (broad SMARTS) is 1. The van der Waals surface area contributed by atoms with E-state index in [0.717, 1.165) is 12.5 Å². The van der Waals surface area contributed by atoms with Crippen LogP contribution in [0.1, 0.15) is 30.6 Å². The standard InChI is InChI=1S/C12H16FN3O3/c1-3-5-15-11(17)7(2)16-10-9(13)8(12(18)19)4-6-14-10/h4,6-7H,3,5H2,1-2H3,(H,14,16)(H,15,17)(H,18,19). The zero-order chi connectivity index (χ0) is 14.4. The highest BCUT2D eigenvalue weighted by Crippen LogP contribution is 2.15. The van der Waals surface area contributed by atoms with E-state index in [1.807, 2.05) is 6.92 Å². The van der Waals surface area contributed by atoms with Gasteiger partial charge in [0, 0.05) is 12.7 Å². The molecule has 6 nitrogen and oxygen atoms in total. The number of rotatable bonds is 6. The van der Waals surface area contributed by atoms with Crippen LogP contribution in [0, 0.1) is 5.82 Å². The molecular formula is C12H16FN3O3. The van der Waals surface area contributed by atoms with Gasteiger partial charge in [0.05, 0.1) is 0 Å². The molecule has 0 fully saturated rings. The van der Waals surface area contributed by atoms with Gasteiger partial charge in [-0.25, -0.2) is 14.2 Å². The van der Waals surface area contributed by atoms with E-state index in [2.05, 4.69) is 15.6 Å². The Balaban J connectivity index is 2.79. The lowest BCUT2D eigenvalue weighted by molar-refractivity contribution is -0.121. The third-order valence-electron chi connectivity index (χ3n) is 2.42. The molecule has 1 heterocycles. The minimum Gasteiger partial charge on any atom is -0.478 e. The zero-order valence-corrected chi connectivity index (χ0v) is 10.7. The van der Waals surface area contributed by atoms with Crippen molar-refractivity contribution < 1.29 is 19.1 Å². The van der Waals surface area contributed by atoms with Crippen molar-refractivity contribution >= 4 is 17.7 Å². The number of carbonyl (C=O) groups is 2. The fraction of sp³-hybridized carbons (Fsp3) is 0.417. The maximum Gasteiger partial charge on any atom is 0.338 e. The van der Waals surface area contributed by atoms with Crippen molar-refractivity contribution in [1.29, 1.82) is 0 Å². The quantitative estimate of drug-likeness (QED) is 0.723. The molecule has 0 bridgehead atoms. The number of carboxylic acids is 1. The number of pyridine rings is 1. The molecule has 0 aromatic carbocycles. The lowest BCUT2D eigenvalue weighted by Gasteiger charge is -2.15. The fourth-order valence-corrected chi connectivity index (χ4v) is 1.38. The molecule has 1 unspecified atom stereocenters. The first-order valence-corrected chi connectivity index (χ1v) is 5.89. The molecule has 0 spiro atoms. The van der Waals surface area contributed by atoms with Crippen LogP contribution in [0.3, 0.4) is 0 Å². The predicted molar refractivity (Wildman–Crippen MR) is 67.5 cm³/mol. The highest BCUT2D eigenvalue weighted by Gasteiger charge is 2.19. The maximum atomic E-state index is 13.8. The Morgan fingerprint density at radius 2 is 2.21 bits per heavy atom. The monoisotopic (exact) mass is 269 g/mol. The van der Waals surface area contributed by atoms with E-state index >= 15 is 0 Å². The van der Waals surface area contributed by atoms with E-state index < -0.39 is 23.4 Å². The number of amides is 1. The van der Waals surface area contributed by atoms with Crippen molar-refractivity contribution in [2.45, 2.75) is 26.3 Å². The number of aromatic carboxylic acids is 1. The van der Waals surface area contributed by atoms with Gasteiger partial charge in [0.2, 0.25) is 5.91 Å². The summed E-state index contributed by atoms with van der Waals surface area (Å²) in [6.45, 7) is 3.98. The molecule has 1 aromatic rings. The highest BCUT2D eigenvalue weighted by molar-refractivity contribution is 5.89. The molecule has 1 amide bonds. The van der Waals surface area contributed by atoms with Crippen molar-refractivity contribution in [2.24, 2.45) is 0 Å². The molecule has 19 heavy (non-hydrogen) atoms. The number of anilines is 1. The van der Waals surface area contributed by atoms with Crippen molar-refractivity contribution in [2.75, 3.05) is 11.9 Å². The summed E-state index contributed by atoms with van der Waals surface area (Å²) in [4.78, 5) is 26.1. The maximum absolute atomic E-state index is 13.8. The number of hydrogen-bond donors (Lipinski definition) is 3. The Bertz CT molecular complexity index is 479. The fourth-order valence-electron chi connectivity index (χ4n) is 1.38. The molecule has 0 aliphatic heterocycles. The van der Waals surface area contributed by atoms with E-state index in [1.54, 1.807) is 6.92 Å². The first kappa shape index (κ1) is 14.9.